The third-order valence-electron chi connectivity index (χ3n) is 4.29. The SMILES string of the molecule is CC(C)(C)c1ccc(C2SCC(=O)N2CC(=O)NC2CC2)cc1. The van der Waals surface area contributed by atoms with Crippen LogP contribution in [-0.4, -0.2) is 35.1 Å². The Kier molecular flexibility index (Phi) is 4.41. The molecule has 1 atom stereocenters. The Bertz CT molecular complexity index is 602. The largest absolute Gasteiger partial charge is 0.352 e. The molecule has 1 N–H and O–H groups in total. The lowest BCUT2D eigenvalue weighted by Gasteiger charge is -2.25. The van der Waals surface area contributed by atoms with Crippen LogP contribution >= 0.6 is 11.8 Å². The van der Waals surface area contributed by atoms with Crippen molar-refractivity contribution < 1.29 is 9.59 Å². The van der Waals surface area contributed by atoms with Gasteiger partial charge in [0.15, 0.2) is 0 Å². The highest BCUT2D eigenvalue weighted by atomic mass is 32.2. The molecule has 0 bridgehead atoms. The van der Waals surface area contributed by atoms with E-state index in [2.05, 4.69) is 50.4 Å². The number of carbonyl (C=O) groups excluding carboxylic acids is 2. The van der Waals surface area contributed by atoms with Crippen LogP contribution in [-0.2, 0) is 15.0 Å². The van der Waals surface area contributed by atoms with Gasteiger partial charge in [-0.1, -0.05) is 45.0 Å². The summed E-state index contributed by atoms with van der Waals surface area (Å²) >= 11 is 1.60. The molecule has 1 unspecified atom stereocenters. The van der Waals surface area contributed by atoms with Crippen molar-refractivity contribution >= 4 is 23.6 Å². The molecule has 0 radical (unpaired) electrons. The van der Waals surface area contributed by atoms with E-state index in [0.29, 0.717) is 11.8 Å². The van der Waals surface area contributed by atoms with Crippen molar-refractivity contribution in [1.29, 1.82) is 0 Å². The Morgan fingerprint density at radius 1 is 1.26 bits per heavy atom. The van der Waals surface area contributed by atoms with Crippen molar-refractivity contribution in [2.45, 2.75) is 50.4 Å². The van der Waals surface area contributed by atoms with Crippen LogP contribution in [0.2, 0.25) is 0 Å². The van der Waals surface area contributed by atoms with Crippen molar-refractivity contribution in [2.75, 3.05) is 12.3 Å². The summed E-state index contributed by atoms with van der Waals surface area (Å²) in [6, 6.07) is 8.76. The van der Waals surface area contributed by atoms with Gasteiger partial charge < -0.3 is 10.2 Å². The quantitative estimate of drug-likeness (QED) is 0.922. The summed E-state index contributed by atoms with van der Waals surface area (Å²) in [7, 11) is 0. The average Bonchev–Trinajstić information content (AvgIpc) is 3.22. The van der Waals surface area contributed by atoms with Gasteiger partial charge >= 0.3 is 0 Å². The number of hydrogen-bond donors (Lipinski definition) is 1. The van der Waals surface area contributed by atoms with Gasteiger partial charge in [-0.15, -0.1) is 11.8 Å². The molecule has 2 fully saturated rings. The van der Waals surface area contributed by atoms with Crippen LogP contribution in [0.3, 0.4) is 0 Å². The van der Waals surface area contributed by atoms with Gasteiger partial charge in [0.25, 0.3) is 0 Å². The van der Waals surface area contributed by atoms with Crippen LogP contribution in [0.4, 0.5) is 0 Å². The predicted octanol–water partition coefficient (Wildman–Crippen LogP) is 2.84. The van der Waals surface area contributed by atoms with E-state index in [9.17, 15) is 9.59 Å². The standard InChI is InChI=1S/C18H24N2O2S/c1-18(2,3)13-6-4-12(5-7-13)17-20(16(22)11-23-17)10-15(21)19-14-8-9-14/h4-7,14,17H,8-11H2,1-3H3,(H,19,21). The third-order valence-corrected chi connectivity index (χ3v) is 5.54. The monoisotopic (exact) mass is 332 g/mol. The summed E-state index contributed by atoms with van der Waals surface area (Å²) in [6.07, 6.45) is 2.12. The van der Waals surface area contributed by atoms with E-state index < -0.39 is 0 Å². The molecule has 3 rings (SSSR count). The highest BCUT2D eigenvalue weighted by molar-refractivity contribution is 8.00. The van der Waals surface area contributed by atoms with Crippen molar-refractivity contribution in [3.8, 4) is 0 Å². The lowest BCUT2D eigenvalue weighted by Crippen LogP contribution is -2.40. The minimum absolute atomic E-state index is 0.0420. The first-order chi connectivity index (χ1) is 10.8. The smallest absolute Gasteiger partial charge is 0.239 e. The molecule has 4 nitrogen and oxygen atoms in total. The zero-order chi connectivity index (χ0) is 16.6. The number of nitrogens with zero attached hydrogens (tertiary/aromatic N) is 1. The zero-order valence-corrected chi connectivity index (χ0v) is 14.8. The summed E-state index contributed by atoms with van der Waals surface area (Å²) in [4.78, 5) is 25.9. The molecule has 1 aliphatic carbocycles. The van der Waals surface area contributed by atoms with Crippen LogP contribution in [0, 0.1) is 0 Å². The van der Waals surface area contributed by atoms with E-state index >= 15 is 0 Å². The number of hydrogen-bond acceptors (Lipinski definition) is 3. The molecule has 1 aliphatic heterocycles. The molecule has 124 valence electrons. The van der Waals surface area contributed by atoms with E-state index in [1.165, 1.54) is 5.56 Å². The van der Waals surface area contributed by atoms with Gasteiger partial charge in [0.1, 0.15) is 11.9 Å². The Balaban J connectivity index is 1.71. The Morgan fingerprint density at radius 2 is 1.91 bits per heavy atom. The molecule has 5 heteroatoms. The highest BCUT2D eigenvalue weighted by Gasteiger charge is 2.35. The molecule has 0 aromatic heterocycles. The van der Waals surface area contributed by atoms with E-state index in [1.807, 2.05) is 0 Å². The second-order valence-electron chi connectivity index (χ2n) is 7.40. The van der Waals surface area contributed by atoms with Crippen molar-refractivity contribution in [2.24, 2.45) is 0 Å². The summed E-state index contributed by atoms with van der Waals surface area (Å²) in [5.74, 6) is 0.452. The van der Waals surface area contributed by atoms with Gasteiger partial charge in [-0.05, 0) is 29.4 Å². The summed E-state index contributed by atoms with van der Waals surface area (Å²) < 4.78 is 0. The van der Waals surface area contributed by atoms with Crippen molar-refractivity contribution in [3.63, 3.8) is 0 Å². The zero-order valence-electron chi connectivity index (χ0n) is 14.0. The minimum atomic E-state index is -0.0542. The van der Waals surface area contributed by atoms with Gasteiger partial charge in [0.05, 0.1) is 5.75 Å². The number of amides is 2. The maximum absolute atomic E-state index is 12.1. The van der Waals surface area contributed by atoms with E-state index in [-0.39, 0.29) is 29.1 Å². The number of rotatable bonds is 4. The van der Waals surface area contributed by atoms with Gasteiger partial charge in [-0.2, -0.15) is 0 Å². The van der Waals surface area contributed by atoms with E-state index in [4.69, 9.17) is 0 Å². The van der Waals surface area contributed by atoms with Crippen LogP contribution in [0.25, 0.3) is 0 Å². The molecule has 23 heavy (non-hydrogen) atoms. The van der Waals surface area contributed by atoms with Crippen LogP contribution in [0.5, 0.6) is 0 Å². The molecular weight excluding hydrogens is 308 g/mol. The first-order valence-corrected chi connectivity index (χ1v) is 9.20. The first-order valence-electron chi connectivity index (χ1n) is 8.15. The third kappa shape index (κ3) is 3.89. The Morgan fingerprint density at radius 3 is 2.48 bits per heavy atom. The normalized spacial score (nSPS) is 21.6. The summed E-state index contributed by atoms with van der Waals surface area (Å²) in [5.41, 5.74) is 2.47. The molecule has 1 heterocycles. The molecule has 1 saturated heterocycles. The number of thioether (sulfide) groups is 1. The topological polar surface area (TPSA) is 49.4 Å². The van der Waals surface area contributed by atoms with E-state index in [1.54, 1.807) is 16.7 Å². The molecular formula is C18H24N2O2S. The molecule has 2 amide bonds. The molecule has 1 saturated carbocycles. The van der Waals surface area contributed by atoms with Crippen LogP contribution in [0.15, 0.2) is 24.3 Å². The van der Waals surface area contributed by atoms with E-state index in [0.717, 1.165) is 18.4 Å². The number of carbonyl (C=O) groups is 2. The molecule has 1 aromatic carbocycles. The van der Waals surface area contributed by atoms with Crippen LogP contribution < -0.4 is 5.32 Å². The molecule has 2 aliphatic rings. The highest BCUT2D eigenvalue weighted by Crippen LogP contribution is 2.39. The van der Waals surface area contributed by atoms with Gasteiger partial charge in [0.2, 0.25) is 11.8 Å². The molecule has 1 aromatic rings. The predicted molar refractivity (Wildman–Crippen MR) is 93.2 cm³/mol. The van der Waals surface area contributed by atoms with Gasteiger partial charge in [-0.25, -0.2) is 0 Å². The Labute approximate surface area is 142 Å². The van der Waals surface area contributed by atoms with Gasteiger partial charge in [-0.3, -0.25) is 9.59 Å². The summed E-state index contributed by atoms with van der Waals surface area (Å²) in [5, 5.41) is 2.91. The summed E-state index contributed by atoms with van der Waals surface area (Å²) in [6.45, 7) is 6.72. The second-order valence-corrected chi connectivity index (χ2v) is 8.47. The maximum Gasteiger partial charge on any atom is 0.239 e. The average molecular weight is 332 g/mol. The fourth-order valence-electron chi connectivity index (χ4n) is 2.70. The lowest BCUT2D eigenvalue weighted by atomic mass is 9.87. The number of benzene rings is 1. The van der Waals surface area contributed by atoms with Gasteiger partial charge in [0, 0.05) is 6.04 Å². The fraction of sp³-hybridized carbons (Fsp3) is 0.556. The van der Waals surface area contributed by atoms with Crippen molar-refractivity contribution in [1.82, 2.24) is 10.2 Å². The number of nitrogens with one attached hydrogen (secondary N) is 1. The fourth-order valence-corrected chi connectivity index (χ4v) is 3.89. The Hall–Kier alpha value is -1.49. The lowest BCUT2D eigenvalue weighted by molar-refractivity contribution is -0.133. The maximum atomic E-state index is 12.1. The second kappa shape index (κ2) is 6.19. The van der Waals surface area contributed by atoms with Crippen molar-refractivity contribution in [3.05, 3.63) is 35.4 Å². The first kappa shape index (κ1) is 16.4. The molecule has 0 spiro atoms. The van der Waals surface area contributed by atoms with Crippen LogP contribution in [0.1, 0.15) is 50.1 Å². The minimum Gasteiger partial charge on any atom is -0.352 e.